The van der Waals surface area contributed by atoms with Crippen molar-refractivity contribution in [1.29, 1.82) is 0 Å². The van der Waals surface area contributed by atoms with Crippen molar-refractivity contribution < 1.29 is 4.42 Å². The number of para-hydroxylation sites is 1. The lowest BCUT2D eigenvalue weighted by Gasteiger charge is -2.30. The first-order valence-corrected chi connectivity index (χ1v) is 7.32. The van der Waals surface area contributed by atoms with E-state index >= 15 is 0 Å². The molecule has 2 bridgehead atoms. The maximum atomic E-state index is 5.96. The SMILES string of the molecule is c1ccc2oc(CN3CCN4CCC3CC4)cc2c1. The molecule has 1 aromatic carbocycles. The van der Waals surface area contributed by atoms with Crippen molar-refractivity contribution >= 4 is 11.0 Å². The van der Waals surface area contributed by atoms with Gasteiger partial charge in [-0.1, -0.05) is 18.2 Å². The summed E-state index contributed by atoms with van der Waals surface area (Å²) < 4.78 is 5.96. The van der Waals surface area contributed by atoms with Crippen molar-refractivity contribution in [1.82, 2.24) is 9.80 Å². The molecule has 2 aromatic rings. The second-order valence-electron chi connectivity index (χ2n) is 5.79. The molecule has 3 nitrogen and oxygen atoms in total. The molecule has 0 aliphatic carbocycles. The van der Waals surface area contributed by atoms with Crippen LogP contribution in [0.4, 0.5) is 0 Å². The van der Waals surface area contributed by atoms with E-state index in [4.69, 9.17) is 4.42 Å². The van der Waals surface area contributed by atoms with Crippen LogP contribution in [0.5, 0.6) is 0 Å². The molecule has 0 unspecified atom stereocenters. The molecule has 1 aromatic heterocycles. The lowest BCUT2D eigenvalue weighted by molar-refractivity contribution is 0.167. The highest BCUT2D eigenvalue weighted by atomic mass is 16.3. The van der Waals surface area contributed by atoms with Crippen LogP contribution < -0.4 is 0 Å². The second-order valence-corrected chi connectivity index (χ2v) is 5.79. The Morgan fingerprint density at radius 3 is 2.74 bits per heavy atom. The third-order valence-corrected chi connectivity index (χ3v) is 4.61. The molecule has 4 heterocycles. The number of benzene rings is 1. The lowest BCUT2D eigenvalue weighted by Crippen LogP contribution is -2.37. The van der Waals surface area contributed by atoms with Crippen LogP contribution in [-0.2, 0) is 6.54 Å². The summed E-state index contributed by atoms with van der Waals surface area (Å²) in [5.41, 5.74) is 1.01. The summed E-state index contributed by atoms with van der Waals surface area (Å²) in [6, 6.07) is 11.2. The van der Waals surface area contributed by atoms with Gasteiger partial charge in [-0.2, -0.15) is 0 Å². The fourth-order valence-electron chi connectivity index (χ4n) is 3.48. The Morgan fingerprint density at radius 1 is 1.05 bits per heavy atom. The van der Waals surface area contributed by atoms with Crippen molar-refractivity contribution in [3.63, 3.8) is 0 Å². The van der Waals surface area contributed by atoms with Gasteiger partial charge in [0, 0.05) is 24.5 Å². The van der Waals surface area contributed by atoms with E-state index in [1.165, 1.54) is 44.4 Å². The van der Waals surface area contributed by atoms with Crippen LogP contribution in [0.1, 0.15) is 18.6 Å². The van der Waals surface area contributed by atoms with E-state index in [0.29, 0.717) is 0 Å². The Hall–Kier alpha value is -1.32. The number of hydrogen-bond acceptors (Lipinski definition) is 3. The van der Waals surface area contributed by atoms with Crippen molar-refractivity contribution in [2.75, 3.05) is 26.2 Å². The normalized spacial score (nSPS) is 27.8. The van der Waals surface area contributed by atoms with E-state index in [-0.39, 0.29) is 0 Å². The third kappa shape index (κ3) is 2.17. The van der Waals surface area contributed by atoms with E-state index in [1.807, 2.05) is 6.07 Å². The van der Waals surface area contributed by atoms with E-state index in [2.05, 4.69) is 34.1 Å². The molecule has 3 saturated heterocycles. The largest absolute Gasteiger partial charge is 0.460 e. The highest BCUT2D eigenvalue weighted by molar-refractivity contribution is 5.77. The van der Waals surface area contributed by atoms with Crippen molar-refractivity contribution in [2.24, 2.45) is 0 Å². The summed E-state index contributed by atoms with van der Waals surface area (Å²) in [6.45, 7) is 5.92. The number of piperidine rings is 1. The van der Waals surface area contributed by atoms with Gasteiger partial charge in [0.2, 0.25) is 0 Å². The zero-order valence-corrected chi connectivity index (χ0v) is 11.2. The van der Waals surface area contributed by atoms with Crippen molar-refractivity contribution in [3.8, 4) is 0 Å². The van der Waals surface area contributed by atoms with E-state index < -0.39 is 0 Å². The standard InChI is InChI=1S/C16H20N2O/c1-2-4-16-13(3-1)11-15(19-16)12-18-10-9-17-7-5-14(18)6-8-17/h1-4,11,14H,5-10,12H2. The maximum Gasteiger partial charge on any atom is 0.134 e. The van der Waals surface area contributed by atoms with Crippen molar-refractivity contribution in [2.45, 2.75) is 25.4 Å². The highest BCUT2D eigenvalue weighted by Gasteiger charge is 2.29. The van der Waals surface area contributed by atoms with E-state index in [9.17, 15) is 0 Å². The van der Waals surface area contributed by atoms with Crippen LogP contribution in [-0.4, -0.2) is 42.0 Å². The molecule has 0 amide bonds. The molecule has 0 atom stereocenters. The molecule has 3 heteroatoms. The Bertz CT molecular complexity index is 536. The first-order chi connectivity index (χ1) is 9.38. The predicted octanol–water partition coefficient (Wildman–Crippen LogP) is 2.71. The predicted molar refractivity (Wildman–Crippen MR) is 76.1 cm³/mol. The Balaban J connectivity index is 1.56. The monoisotopic (exact) mass is 256 g/mol. The molecule has 100 valence electrons. The maximum absolute atomic E-state index is 5.96. The summed E-state index contributed by atoms with van der Waals surface area (Å²) >= 11 is 0. The molecule has 19 heavy (non-hydrogen) atoms. The van der Waals surface area contributed by atoms with Gasteiger partial charge >= 0.3 is 0 Å². The zero-order valence-electron chi connectivity index (χ0n) is 11.2. The molecule has 0 saturated carbocycles. The Kier molecular flexibility index (Phi) is 2.82. The molecule has 0 spiro atoms. The highest BCUT2D eigenvalue weighted by Crippen LogP contribution is 2.25. The quantitative estimate of drug-likeness (QED) is 0.823. The molecular weight excluding hydrogens is 236 g/mol. The average molecular weight is 256 g/mol. The number of hydrogen-bond donors (Lipinski definition) is 0. The van der Waals surface area contributed by atoms with Gasteiger partial charge in [0.1, 0.15) is 11.3 Å². The van der Waals surface area contributed by atoms with Gasteiger partial charge < -0.3 is 9.32 Å². The Labute approximate surface area is 113 Å². The second kappa shape index (κ2) is 4.66. The molecule has 0 N–H and O–H groups in total. The molecular formula is C16H20N2O. The number of rotatable bonds is 2. The van der Waals surface area contributed by atoms with Crippen molar-refractivity contribution in [3.05, 3.63) is 36.1 Å². The summed E-state index contributed by atoms with van der Waals surface area (Å²) in [7, 11) is 0. The van der Waals surface area contributed by atoms with Gasteiger partial charge in [-0.15, -0.1) is 0 Å². The summed E-state index contributed by atoms with van der Waals surface area (Å²) in [5, 5.41) is 1.22. The molecule has 5 rings (SSSR count). The molecule has 3 aliphatic rings. The minimum Gasteiger partial charge on any atom is -0.460 e. The minimum absolute atomic E-state index is 0.756. The van der Waals surface area contributed by atoms with Gasteiger partial charge in [-0.25, -0.2) is 0 Å². The van der Waals surface area contributed by atoms with Crippen LogP contribution in [0.15, 0.2) is 34.7 Å². The molecule has 3 aliphatic heterocycles. The smallest absolute Gasteiger partial charge is 0.134 e. The van der Waals surface area contributed by atoms with Crippen LogP contribution in [0.2, 0.25) is 0 Å². The molecule has 0 radical (unpaired) electrons. The molecule has 3 fully saturated rings. The van der Waals surface area contributed by atoms with Crippen LogP contribution in [0, 0.1) is 0 Å². The zero-order chi connectivity index (χ0) is 12.7. The first-order valence-electron chi connectivity index (χ1n) is 7.32. The summed E-state index contributed by atoms with van der Waals surface area (Å²) in [5.74, 6) is 1.11. The fourth-order valence-corrected chi connectivity index (χ4v) is 3.48. The van der Waals surface area contributed by atoms with Crippen LogP contribution in [0.3, 0.4) is 0 Å². The van der Waals surface area contributed by atoms with Gasteiger partial charge in [0.25, 0.3) is 0 Å². The number of furan rings is 1. The van der Waals surface area contributed by atoms with Gasteiger partial charge in [-0.3, -0.25) is 4.90 Å². The Morgan fingerprint density at radius 2 is 1.89 bits per heavy atom. The van der Waals surface area contributed by atoms with E-state index in [1.54, 1.807) is 0 Å². The number of fused-ring (bicyclic) bond motifs is 5. The summed E-state index contributed by atoms with van der Waals surface area (Å²) in [4.78, 5) is 5.21. The lowest BCUT2D eigenvalue weighted by atomic mass is 10.1. The van der Waals surface area contributed by atoms with Crippen LogP contribution >= 0.6 is 0 Å². The van der Waals surface area contributed by atoms with Gasteiger partial charge in [0.15, 0.2) is 0 Å². The number of nitrogens with zero attached hydrogens (tertiary/aromatic N) is 2. The average Bonchev–Trinajstić information content (AvgIpc) is 2.65. The first kappa shape index (κ1) is 11.5. The van der Waals surface area contributed by atoms with E-state index in [0.717, 1.165) is 23.9 Å². The van der Waals surface area contributed by atoms with Gasteiger partial charge in [0.05, 0.1) is 6.54 Å². The van der Waals surface area contributed by atoms with Gasteiger partial charge in [-0.05, 0) is 38.1 Å². The topological polar surface area (TPSA) is 19.6 Å². The summed E-state index contributed by atoms with van der Waals surface area (Å²) in [6.07, 6.45) is 2.64. The third-order valence-electron chi connectivity index (χ3n) is 4.61. The van der Waals surface area contributed by atoms with Crippen LogP contribution in [0.25, 0.3) is 11.0 Å². The fraction of sp³-hybridized carbons (Fsp3) is 0.500. The minimum atomic E-state index is 0.756.